The lowest BCUT2D eigenvalue weighted by Gasteiger charge is -2.18. The molecule has 1 amide bonds. The third-order valence-electron chi connectivity index (χ3n) is 4.34. The summed E-state index contributed by atoms with van der Waals surface area (Å²) in [5, 5.41) is 31.2. The summed E-state index contributed by atoms with van der Waals surface area (Å²) in [4.78, 5) is 16.1. The van der Waals surface area contributed by atoms with Gasteiger partial charge < -0.3 is 20.3 Å². The molecule has 2 heterocycles. The Labute approximate surface area is 144 Å². The molecule has 1 aliphatic carbocycles. The van der Waals surface area contributed by atoms with Gasteiger partial charge in [-0.3, -0.25) is 14.5 Å². The normalized spacial score (nSPS) is 25.9. The molecule has 4 unspecified atom stereocenters. The minimum Gasteiger partial charge on any atom is -0.390 e. The van der Waals surface area contributed by atoms with E-state index in [0.29, 0.717) is 30.8 Å². The number of aliphatic hydroxyl groups excluding tert-OH is 2. The zero-order valence-corrected chi connectivity index (χ0v) is 13.8. The number of pyridine rings is 1. The van der Waals surface area contributed by atoms with Gasteiger partial charge in [-0.15, -0.1) is 5.10 Å². The van der Waals surface area contributed by atoms with Crippen LogP contribution in [0.1, 0.15) is 22.5 Å². The molecule has 2 aromatic rings. The zero-order chi connectivity index (χ0) is 17.8. The first-order valence-electron chi connectivity index (χ1n) is 8.03. The van der Waals surface area contributed by atoms with Crippen molar-refractivity contribution >= 4 is 5.91 Å². The molecular formula is C16H21N5O4. The van der Waals surface area contributed by atoms with Crippen molar-refractivity contribution in [3.63, 3.8) is 0 Å². The van der Waals surface area contributed by atoms with Crippen molar-refractivity contribution in [1.29, 1.82) is 0 Å². The fourth-order valence-corrected chi connectivity index (χ4v) is 3.08. The first-order valence-corrected chi connectivity index (χ1v) is 8.03. The van der Waals surface area contributed by atoms with Gasteiger partial charge >= 0.3 is 0 Å². The Morgan fingerprint density at radius 2 is 2.28 bits per heavy atom. The molecule has 0 saturated heterocycles. The zero-order valence-electron chi connectivity index (χ0n) is 13.8. The Balaban J connectivity index is 1.61. The molecule has 1 saturated carbocycles. The Bertz CT molecular complexity index is 708. The van der Waals surface area contributed by atoms with Crippen LogP contribution in [0.5, 0.6) is 0 Å². The van der Waals surface area contributed by atoms with Crippen LogP contribution < -0.4 is 5.32 Å². The number of nitrogens with one attached hydrogen (secondary N) is 1. The Morgan fingerprint density at radius 1 is 1.44 bits per heavy atom. The van der Waals surface area contributed by atoms with Crippen LogP contribution in [0.15, 0.2) is 30.7 Å². The van der Waals surface area contributed by atoms with Crippen molar-refractivity contribution < 1.29 is 19.7 Å². The number of aromatic nitrogens is 4. The maximum absolute atomic E-state index is 12.2. The van der Waals surface area contributed by atoms with E-state index in [9.17, 15) is 15.0 Å². The van der Waals surface area contributed by atoms with Gasteiger partial charge in [0.25, 0.3) is 5.91 Å². The van der Waals surface area contributed by atoms with Gasteiger partial charge in [-0.1, -0.05) is 5.21 Å². The average Bonchev–Trinajstić information content (AvgIpc) is 3.16. The van der Waals surface area contributed by atoms with Gasteiger partial charge in [-0.25, -0.2) is 0 Å². The van der Waals surface area contributed by atoms with Gasteiger partial charge in [-0.05, 0) is 18.6 Å². The van der Waals surface area contributed by atoms with Crippen molar-refractivity contribution in [2.24, 2.45) is 5.92 Å². The van der Waals surface area contributed by atoms with Gasteiger partial charge in [0.1, 0.15) is 11.8 Å². The first kappa shape index (κ1) is 17.5. The third-order valence-corrected chi connectivity index (χ3v) is 4.34. The summed E-state index contributed by atoms with van der Waals surface area (Å²) in [5.41, 5.74) is 1.10. The number of methoxy groups -OCH3 is 1. The summed E-state index contributed by atoms with van der Waals surface area (Å²) in [7, 11) is 1.58. The predicted octanol–water partition coefficient (Wildman–Crippen LogP) is -0.640. The molecule has 25 heavy (non-hydrogen) atoms. The van der Waals surface area contributed by atoms with Crippen LogP contribution in [0, 0.1) is 5.92 Å². The van der Waals surface area contributed by atoms with Crippen molar-refractivity contribution in [1.82, 2.24) is 25.3 Å². The lowest BCUT2D eigenvalue weighted by atomic mass is 10.1. The van der Waals surface area contributed by atoms with E-state index in [1.807, 2.05) is 0 Å². The van der Waals surface area contributed by atoms with Crippen LogP contribution in [0.4, 0.5) is 0 Å². The topological polar surface area (TPSA) is 122 Å². The average molecular weight is 347 g/mol. The summed E-state index contributed by atoms with van der Waals surface area (Å²) in [6.45, 7) is 0.758. The van der Waals surface area contributed by atoms with E-state index in [-0.39, 0.29) is 11.8 Å². The SMILES string of the molecule is COCc1cn(CC2CC(NC(=O)c3cccnc3)C(O)C2O)nn1. The summed E-state index contributed by atoms with van der Waals surface area (Å²) in [6.07, 6.45) is 3.23. The number of hydrogen-bond acceptors (Lipinski definition) is 7. The molecule has 3 N–H and O–H groups in total. The van der Waals surface area contributed by atoms with E-state index in [1.165, 1.54) is 6.20 Å². The Hall–Kier alpha value is -2.36. The van der Waals surface area contributed by atoms with Crippen molar-refractivity contribution in [3.8, 4) is 0 Å². The molecule has 2 aromatic heterocycles. The molecule has 4 atom stereocenters. The van der Waals surface area contributed by atoms with Gasteiger partial charge in [0.15, 0.2) is 0 Å². The van der Waals surface area contributed by atoms with Crippen molar-refractivity contribution in [3.05, 3.63) is 42.0 Å². The second-order valence-electron chi connectivity index (χ2n) is 6.16. The number of nitrogens with zero attached hydrogens (tertiary/aromatic N) is 4. The van der Waals surface area contributed by atoms with E-state index >= 15 is 0 Å². The lowest BCUT2D eigenvalue weighted by molar-refractivity contribution is 0.00761. The fraction of sp³-hybridized carbons (Fsp3) is 0.500. The molecule has 0 bridgehead atoms. The van der Waals surface area contributed by atoms with Gasteiger partial charge in [-0.2, -0.15) is 0 Å². The van der Waals surface area contributed by atoms with Crippen molar-refractivity contribution in [2.45, 2.75) is 37.8 Å². The standard InChI is InChI=1S/C16H21N5O4/c1-25-9-12-8-21(20-19-12)7-11-5-13(15(23)14(11)22)18-16(24)10-3-2-4-17-6-10/h2-4,6,8,11,13-15,22-23H,5,7,9H2,1H3,(H,18,24). The Morgan fingerprint density at radius 3 is 3.00 bits per heavy atom. The summed E-state index contributed by atoms with van der Waals surface area (Å²) < 4.78 is 6.61. The van der Waals surface area contributed by atoms with Crippen LogP contribution in [-0.4, -0.2) is 61.5 Å². The highest BCUT2D eigenvalue weighted by atomic mass is 16.5. The van der Waals surface area contributed by atoms with Gasteiger partial charge in [0, 0.05) is 32.0 Å². The second kappa shape index (κ2) is 7.68. The fourth-order valence-electron chi connectivity index (χ4n) is 3.08. The smallest absolute Gasteiger partial charge is 0.253 e. The molecular weight excluding hydrogens is 326 g/mol. The molecule has 1 fully saturated rings. The van der Waals surface area contributed by atoms with E-state index in [0.717, 1.165) is 0 Å². The molecule has 9 heteroatoms. The number of carbonyl (C=O) groups excluding carboxylic acids is 1. The molecule has 0 aliphatic heterocycles. The summed E-state index contributed by atoms with van der Waals surface area (Å²) in [5.74, 6) is -0.570. The Kier molecular flexibility index (Phi) is 5.37. The molecule has 134 valence electrons. The monoisotopic (exact) mass is 347 g/mol. The minimum atomic E-state index is -1.03. The largest absolute Gasteiger partial charge is 0.390 e. The van der Waals surface area contributed by atoms with Crippen LogP contribution in [0.25, 0.3) is 0 Å². The van der Waals surface area contributed by atoms with Gasteiger partial charge in [0.05, 0.1) is 30.5 Å². The van der Waals surface area contributed by atoms with E-state index in [2.05, 4.69) is 20.6 Å². The summed E-state index contributed by atoms with van der Waals surface area (Å²) in [6, 6.07) is 2.78. The highest BCUT2D eigenvalue weighted by Crippen LogP contribution is 2.28. The molecule has 0 spiro atoms. The maximum atomic E-state index is 12.2. The predicted molar refractivity (Wildman–Crippen MR) is 86.3 cm³/mol. The van der Waals surface area contributed by atoms with E-state index in [1.54, 1.807) is 36.3 Å². The summed E-state index contributed by atoms with van der Waals surface area (Å²) >= 11 is 0. The number of aliphatic hydroxyl groups is 2. The van der Waals surface area contributed by atoms with Crippen LogP contribution in [0.3, 0.4) is 0 Å². The maximum Gasteiger partial charge on any atom is 0.253 e. The van der Waals surface area contributed by atoms with Crippen LogP contribution in [-0.2, 0) is 17.9 Å². The number of carbonyl (C=O) groups is 1. The number of amides is 1. The molecule has 9 nitrogen and oxygen atoms in total. The highest BCUT2D eigenvalue weighted by molar-refractivity contribution is 5.94. The molecule has 3 rings (SSSR count). The third kappa shape index (κ3) is 4.01. The quantitative estimate of drug-likeness (QED) is 0.635. The molecule has 0 radical (unpaired) electrons. The number of hydrogen-bond donors (Lipinski definition) is 3. The van der Waals surface area contributed by atoms with Gasteiger partial charge in [0.2, 0.25) is 0 Å². The van der Waals surface area contributed by atoms with Crippen LogP contribution in [0.2, 0.25) is 0 Å². The van der Waals surface area contributed by atoms with E-state index < -0.39 is 18.2 Å². The minimum absolute atomic E-state index is 0.244. The number of rotatable bonds is 6. The second-order valence-corrected chi connectivity index (χ2v) is 6.16. The van der Waals surface area contributed by atoms with Crippen LogP contribution >= 0.6 is 0 Å². The molecule has 1 aliphatic rings. The number of ether oxygens (including phenoxy) is 1. The molecule has 0 aromatic carbocycles. The van der Waals surface area contributed by atoms with Crippen molar-refractivity contribution in [2.75, 3.05) is 7.11 Å². The highest BCUT2D eigenvalue weighted by Gasteiger charge is 2.42. The van der Waals surface area contributed by atoms with E-state index in [4.69, 9.17) is 4.74 Å². The first-order chi connectivity index (χ1) is 12.1. The lowest BCUT2D eigenvalue weighted by Crippen LogP contribution is -2.43.